The van der Waals surface area contributed by atoms with Gasteiger partial charge < -0.3 is 9.32 Å². The molecule has 1 aromatic heterocycles. The van der Waals surface area contributed by atoms with Crippen LogP contribution in [-0.4, -0.2) is 27.8 Å². The molecule has 130 valence electrons. The molecule has 2 aromatic rings. The van der Waals surface area contributed by atoms with Gasteiger partial charge in [-0.1, -0.05) is 39.8 Å². The van der Waals surface area contributed by atoms with Gasteiger partial charge in [-0.2, -0.15) is 0 Å². The van der Waals surface area contributed by atoms with Crippen molar-refractivity contribution in [2.45, 2.75) is 18.1 Å². The zero-order chi connectivity index (χ0) is 18.0. The number of carbonyl (C=O) groups is 2. The first kappa shape index (κ1) is 18.4. The zero-order valence-electron chi connectivity index (χ0n) is 13.4. The van der Waals surface area contributed by atoms with E-state index in [1.807, 2.05) is 36.4 Å². The van der Waals surface area contributed by atoms with Crippen LogP contribution in [0.4, 0.5) is 0 Å². The van der Waals surface area contributed by atoms with Crippen LogP contribution in [0.2, 0.25) is 0 Å². The summed E-state index contributed by atoms with van der Waals surface area (Å²) in [7, 11) is 0. The molecule has 0 radical (unpaired) electrons. The van der Waals surface area contributed by atoms with Crippen molar-refractivity contribution >= 4 is 58.1 Å². The summed E-state index contributed by atoms with van der Waals surface area (Å²) < 4.78 is 6.56. The fraction of sp³-hybridized carbons (Fsp3) is 0.222. The fourth-order valence-electron chi connectivity index (χ4n) is 2.38. The molecule has 0 aliphatic carbocycles. The van der Waals surface area contributed by atoms with Crippen molar-refractivity contribution in [2.24, 2.45) is 0 Å². The van der Waals surface area contributed by atoms with Crippen LogP contribution < -0.4 is 0 Å². The minimum Gasteiger partial charge on any atom is -0.457 e. The molecule has 0 spiro atoms. The molecule has 1 saturated heterocycles. The summed E-state index contributed by atoms with van der Waals surface area (Å²) in [4.78, 5) is 25.8. The standard InChI is InChI=1S/C18H16BrNO3S2/c1-11(21)8-9-20-17(22)16(25-18(20)24)10-14-6-7-15(23-14)12-2-4-13(19)5-3-12/h2-7,10,18,24H,8-9H2,1H3/b16-10-. The lowest BCUT2D eigenvalue weighted by Gasteiger charge is -2.18. The Balaban J connectivity index is 1.76. The topological polar surface area (TPSA) is 50.5 Å². The number of thiol groups is 1. The third-order valence-electron chi connectivity index (χ3n) is 3.70. The number of carbonyl (C=O) groups excluding carboxylic acids is 2. The first-order valence-corrected chi connectivity index (χ1v) is 9.85. The van der Waals surface area contributed by atoms with E-state index in [9.17, 15) is 9.59 Å². The molecule has 1 amide bonds. The van der Waals surface area contributed by atoms with E-state index in [2.05, 4.69) is 28.6 Å². The van der Waals surface area contributed by atoms with Crippen molar-refractivity contribution in [2.75, 3.05) is 6.54 Å². The number of hydrogen-bond donors (Lipinski definition) is 1. The van der Waals surface area contributed by atoms with Crippen molar-refractivity contribution in [1.82, 2.24) is 4.90 Å². The van der Waals surface area contributed by atoms with Crippen LogP contribution in [0, 0.1) is 0 Å². The Hall–Kier alpha value is -1.44. The number of benzene rings is 1. The van der Waals surface area contributed by atoms with E-state index in [0.717, 1.165) is 15.8 Å². The number of furan rings is 1. The molecule has 4 nitrogen and oxygen atoms in total. The summed E-state index contributed by atoms with van der Waals surface area (Å²) in [5.74, 6) is 1.29. The Bertz CT molecular complexity index is 829. The number of halogens is 1. The molecule has 1 aliphatic rings. The number of amides is 1. The highest BCUT2D eigenvalue weighted by atomic mass is 79.9. The van der Waals surface area contributed by atoms with E-state index < -0.39 is 0 Å². The maximum Gasteiger partial charge on any atom is 0.262 e. The van der Waals surface area contributed by atoms with E-state index in [1.165, 1.54) is 18.7 Å². The lowest BCUT2D eigenvalue weighted by atomic mass is 10.2. The Labute approximate surface area is 164 Å². The summed E-state index contributed by atoms with van der Waals surface area (Å²) in [6.07, 6.45) is 2.07. The minimum absolute atomic E-state index is 0.0564. The SMILES string of the molecule is CC(=O)CCN1C(=O)/C(=C/c2ccc(-c3ccc(Br)cc3)o2)SC1S. The van der Waals surface area contributed by atoms with Crippen molar-refractivity contribution in [3.8, 4) is 11.3 Å². The van der Waals surface area contributed by atoms with Gasteiger partial charge in [-0.05, 0) is 31.2 Å². The van der Waals surface area contributed by atoms with Crippen LogP contribution in [0.5, 0.6) is 0 Å². The maximum absolute atomic E-state index is 12.5. The van der Waals surface area contributed by atoms with E-state index in [4.69, 9.17) is 4.42 Å². The predicted octanol–water partition coefficient (Wildman–Crippen LogP) is 4.82. The summed E-state index contributed by atoms with van der Waals surface area (Å²) in [6.45, 7) is 1.90. The second-order valence-electron chi connectivity index (χ2n) is 5.61. The zero-order valence-corrected chi connectivity index (χ0v) is 16.7. The van der Waals surface area contributed by atoms with Crippen LogP contribution in [0.3, 0.4) is 0 Å². The first-order chi connectivity index (χ1) is 11.9. The summed E-state index contributed by atoms with van der Waals surface area (Å²) in [5, 5.41) is 0. The average molecular weight is 438 g/mol. The molecular formula is C18H16BrNO3S2. The number of rotatable bonds is 5. The van der Waals surface area contributed by atoms with Crippen molar-refractivity contribution in [1.29, 1.82) is 0 Å². The van der Waals surface area contributed by atoms with Crippen molar-refractivity contribution in [3.05, 3.63) is 51.5 Å². The third-order valence-corrected chi connectivity index (χ3v) is 5.84. The third kappa shape index (κ3) is 4.40. The highest BCUT2D eigenvalue weighted by Crippen LogP contribution is 2.38. The van der Waals surface area contributed by atoms with Crippen LogP contribution in [-0.2, 0) is 9.59 Å². The second kappa shape index (κ2) is 7.85. The van der Waals surface area contributed by atoms with Gasteiger partial charge in [0.1, 0.15) is 22.0 Å². The molecule has 1 unspecified atom stereocenters. The molecule has 0 bridgehead atoms. The van der Waals surface area contributed by atoms with Crippen molar-refractivity contribution < 1.29 is 14.0 Å². The van der Waals surface area contributed by atoms with E-state index in [1.54, 1.807) is 11.0 Å². The molecule has 3 rings (SSSR count). The van der Waals surface area contributed by atoms with E-state index >= 15 is 0 Å². The quantitative estimate of drug-likeness (QED) is 0.538. The van der Waals surface area contributed by atoms with Gasteiger partial charge in [-0.3, -0.25) is 9.59 Å². The average Bonchev–Trinajstić information content (AvgIpc) is 3.12. The van der Waals surface area contributed by atoms with Gasteiger partial charge in [-0.15, -0.1) is 12.6 Å². The molecule has 1 aliphatic heterocycles. The molecule has 25 heavy (non-hydrogen) atoms. The lowest BCUT2D eigenvalue weighted by Crippen LogP contribution is -2.31. The van der Waals surface area contributed by atoms with Crippen molar-refractivity contribution in [3.63, 3.8) is 0 Å². The van der Waals surface area contributed by atoms with Gasteiger partial charge in [-0.25, -0.2) is 0 Å². The van der Waals surface area contributed by atoms with Gasteiger partial charge in [0, 0.05) is 29.1 Å². The highest BCUT2D eigenvalue weighted by molar-refractivity contribution is 9.10. The molecule has 1 fully saturated rings. The largest absolute Gasteiger partial charge is 0.457 e. The fourth-order valence-corrected chi connectivity index (χ4v) is 4.17. The van der Waals surface area contributed by atoms with E-state index in [0.29, 0.717) is 23.6 Å². The van der Waals surface area contributed by atoms with Gasteiger partial charge in [0.05, 0.1) is 4.91 Å². The van der Waals surface area contributed by atoms with Gasteiger partial charge in [0.2, 0.25) is 0 Å². The second-order valence-corrected chi connectivity index (χ2v) is 8.49. The van der Waals surface area contributed by atoms with Crippen LogP contribution >= 0.6 is 40.3 Å². The number of nitrogens with zero attached hydrogens (tertiary/aromatic N) is 1. The Morgan fingerprint density at radius 1 is 1.32 bits per heavy atom. The molecule has 0 N–H and O–H groups in total. The minimum atomic E-state index is -0.279. The van der Waals surface area contributed by atoms with Gasteiger partial charge in [0.25, 0.3) is 5.91 Å². The number of thioether (sulfide) groups is 1. The maximum atomic E-state index is 12.5. The molecule has 7 heteroatoms. The Kier molecular flexibility index (Phi) is 5.76. The number of hydrogen-bond acceptors (Lipinski definition) is 5. The summed E-state index contributed by atoms with van der Waals surface area (Å²) in [6, 6.07) is 11.5. The predicted molar refractivity (Wildman–Crippen MR) is 107 cm³/mol. The normalized spacial score (nSPS) is 19.0. The van der Waals surface area contributed by atoms with Gasteiger partial charge >= 0.3 is 0 Å². The lowest BCUT2D eigenvalue weighted by molar-refractivity contribution is -0.125. The Morgan fingerprint density at radius 3 is 2.72 bits per heavy atom. The monoisotopic (exact) mass is 437 g/mol. The molecule has 0 saturated carbocycles. The molecular weight excluding hydrogens is 422 g/mol. The van der Waals surface area contributed by atoms with E-state index in [-0.39, 0.29) is 16.4 Å². The van der Waals surface area contributed by atoms with Crippen LogP contribution in [0.25, 0.3) is 17.4 Å². The summed E-state index contributed by atoms with van der Waals surface area (Å²) >= 11 is 9.19. The number of ketones is 1. The smallest absolute Gasteiger partial charge is 0.262 e. The molecule has 1 atom stereocenters. The molecule has 2 heterocycles. The first-order valence-electron chi connectivity index (χ1n) is 7.66. The van der Waals surface area contributed by atoms with Gasteiger partial charge in [0.15, 0.2) is 0 Å². The number of Topliss-reactive ketones (excluding diaryl/α,β-unsaturated/α-hetero) is 1. The Morgan fingerprint density at radius 2 is 2.04 bits per heavy atom. The van der Waals surface area contributed by atoms with Crippen LogP contribution in [0.1, 0.15) is 19.1 Å². The highest BCUT2D eigenvalue weighted by Gasteiger charge is 2.34. The summed E-state index contributed by atoms with van der Waals surface area (Å²) in [5.41, 5.74) is 0.966. The van der Waals surface area contributed by atoms with Crippen LogP contribution in [0.15, 0.2) is 50.2 Å². The molecule has 1 aromatic carbocycles.